The van der Waals surface area contributed by atoms with Crippen molar-refractivity contribution in [2.24, 2.45) is 0 Å². The second-order valence-corrected chi connectivity index (χ2v) is 9.16. The van der Waals surface area contributed by atoms with E-state index in [1.807, 2.05) is 24.3 Å². The second-order valence-electron chi connectivity index (χ2n) is 5.74. The van der Waals surface area contributed by atoms with Crippen LogP contribution in [0.1, 0.15) is 25.0 Å². The summed E-state index contributed by atoms with van der Waals surface area (Å²) < 4.78 is 12.1. The van der Waals surface area contributed by atoms with Crippen molar-refractivity contribution in [3.63, 3.8) is 0 Å². The van der Waals surface area contributed by atoms with Gasteiger partial charge in [0.05, 0.1) is 25.0 Å². The first-order valence-corrected chi connectivity index (χ1v) is 10.2. The molecule has 0 aliphatic carbocycles. The quantitative estimate of drug-likeness (QED) is 0.307. The van der Waals surface area contributed by atoms with E-state index in [1.165, 1.54) is 7.11 Å². The summed E-state index contributed by atoms with van der Waals surface area (Å²) in [5, 5.41) is 9.93. The van der Waals surface area contributed by atoms with Crippen LogP contribution in [0, 0.1) is 0 Å². The molecule has 0 unspecified atom stereocenters. The summed E-state index contributed by atoms with van der Waals surface area (Å²) in [4.78, 5) is 11.4. The number of phenolic OH excluding ortho intramolecular Hbond substituents is 1. The highest BCUT2D eigenvalue weighted by atomic mass is 79.9. The molecule has 0 radical (unpaired) electrons. The Morgan fingerprint density at radius 3 is 1.72 bits per heavy atom. The molecule has 2 aromatic rings. The molecule has 0 amide bonds. The summed E-state index contributed by atoms with van der Waals surface area (Å²) in [6, 6.07) is 7.52. The predicted molar refractivity (Wildman–Crippen MR) is 111 cm³/mol. The van der Waals surface area contributed by atoms with E-state index < -0.39 is 6.16 Å². The molecule has 0 atom stereocenters. The number of carbonyl (C=O) groups is 1. The predicted octanol–water partition coefficient (Wildman–Crippen LogP) is 6.91. The smallest absolute Gasteiger partial charge is 0.506 e. The minimum Gasteiger partial charge on any atom is -0.506 e. The summed E-state index contributed by atoms with van der Waals surface area (Å²) in [6.07, 6.45) is -0.792. The fraction of sp³-hybridized carbons (Fsp3) is 0.235. The number of methoxy groups -OCH3 is 1. The molecule has 25 heavy (non-hydrogen) atoms. The molecule has 2 aromatic carbocycles. The van der Waals surface area contributed by atoms with Crippen LogP contribution in [0.4, 0.5) is 4.79 Å². The molecule has 2 rings (SSSR count). The molecular formula is C17H14Br4O4. The van der Waals surface area contributed by atoms with Crippen LogP contribution in [0.2, 0.25) is 0 Å². The van der Waals surface area contributed by atoms with Crippen molar-refractivity contribution in [1.82, 2.24) is 0 Å². The zero-order valence-corrected chi connectivity index (χ0v) is 19.8. The van der Waals surface area contributed by atoms with Gasteiger partial charge in [0.1, 0.15) is 5.75 Å². The van der Waals surface area contributed by atoms with Crippen molar-refractivity contribution < 1.29 is 19.4 Å². The Kier molecular flexibility index (Phi) is 6.62. The highest BCUT2D eigenvalue weighted by Crippen LogP contribution is 2.43. The lowest BCUT2D eigenvalue weighted by molar-refractivity contribution is 0.121. The number of phenols is 1. The van der Waals surface area contributed by atoms with Crippen molar-refractivity contribution in [3.05, 3.63) is 53.3 Å². The molecule has 0 saturated heterocycles. The number of ether oxygens (including phenoxy) is 2. The fourth-order valence-electron chi connectivity index (χ4n) is 2.24. The van der Waals surface area contributed by atoms with Gasteiger partial charge in [-0.25, -0.2) is 4.79 Å². The third-order valence-corrected chi connectivity index (χ3v) is 6.20. The van der Waals surface area contributed by atoms with Crippen molar-refractivity contribution in [2.75, 3.05) is 7.11 Å². The molecule has 0 heterocycles. The second kappa shape index (κ2) is 7.98. The van der Waals surface area contributed by atoms with E-state index >= 15 is 0 Å². The van der Waals surface area contributed by atoms with Crippen molar-refractivity contribution in [1.29, 1.82) is 0 Å². The first-order chi connectivity index (χ1) is 11.6. The number of benzene rings is 2. The van der Waals surface area contributed by atoms with Crippen LogP contribution in [0.15, 0.2) is 42.2 Å². The molecule has 1 N–H and O–H groups in total. The van der Waals surface area contributed by atoms with E-state index in [9.17, 15) is 9.90 Å². The van der Waals surface area contributed by atoms with Gasteiger partial charge in [-0.05, 0) is 99.1 Å². The molecule has 0 aliphatic heterocycles. The van der Waals surface area contributed by atoms with Gasteiger partial charge >= 0.3 is 6.16 Å². The van der Waals surface area contributed by atoms with E-state index in [1.54, 1.807) is 0 Å². The van der Waals surface area contributed by atoms with Gasteiger partial charge in [-0.2, -0.15) is 0 Å². The van der Waals surface area contributed by atoms with Crippen molar-refractivity contribution in [3.8, 4) is 11.5 Å². The van der Waals surface area contributed by atoms with Crippen LogP contribution < -0.4 is 4.74 Å². The maximum absolute atomic E-state index is 11.4. The van der Waals surface area contributed by atoms with Crippen LogP contribution in [-0.2, 0) is 10.2 Å². The van der Waals surface area contributed by atoms with Crippen molar-refractivity contribution >= 4 is 69.9 Å². The van der Waals surface area contributed by atoms with E-state index in [0.29, 0.717) is 23.6 Å². The summed E-state index contributed by atoms with van der Waals surface area (Å²) in [5.41, 5.74) is 1.59. The van der Waals surface area contributed by atoms with E-state index in [0.717, 1.165) is 11.1 Å². The van der Waals surface area contributed by atoms with Crippen molar-refractivity contribution in [2.45, 2.75) is 19.3 Å². The van der Waals surface area contributed by atoms with Gasteiger partial charge in [-0.1, -0.05) is 13.8 Å². The molecule has 0 spiro atoms. The van der Waals surface area contributed by atoms with Gasteiger partial charge in [0.15, 0.2) is 5.75 Å². The highest BCUT2D eigenvalue weighted by molar-refractivity contribution is 9.11. The van der Waals surface area contributed by atoms with Crippen LogP contribution in [-0.4, -0.2) is 18.4 Å². The molecule has 0 bridgehead atoms. The monoisotopic (exact) mass is 598 g/mol. The van der Waals surface area contributed by atoms with Crippen LogP contribution >= 0.6 is 63.7 Å². The van der Waals surface area contributed by atoms with Crippen LogP contribution in [0.25, 0.3) is 0 Å². The van der Waals surface area contributed by atoms with Gasteiger partial charge < -0.3 is 14.6 Å². The van der Waals surface area contributed by atoms with Gasteiger partial charge in [0.25, 0.3) is 0 Å². The standard InChI is InChI=1S/C17H14Br4O4/c1-17(2,8-4-10(18)14(22)11(19)5-8)9-6-12(20)15(13(21)7-9)25-16(23)24-3/h4-7,22H,1-3H3. The SMILES string of the molecule is COC(=O)Oc1c(Br)cc(C(C)(C)c2cc(Br)c(O)c(Br)c2)cc1Br. The first-order valence-electron chi connectivity index (χ1n) is 7.01. The lowest BCUT2D eigenvalue weighted by Crippen LogP contribution is -2.19. The Morgan fingerprint density at radius 1 is 0.920 bits per heavy atom. The molecule has 0 aromatic heterocycles. The Bertz CT molecular complexity index is 787. The summed E-state index contributed by atoms with van der Waals surface area (Å²) in [5.74, 6) is 0.503. The van der Waals surface area contributed by atoms with Gasteiger partial charge in [0, 0.05) is 5.41 Å². The molecule has 8 heteroatoms. The Balaban J connectivity index is 2.52. The minimum atomic E-state index is -0.792. The molecule has 0 fully saturated rings. The van der Waals surface area contributed by atoms with Crippen LogP contribution in [0.5, 0.6) is 11.5 Å². The number of halogens is 4. The lowest BCUT2D eigenvalue weighted by atomic mass is 9.78. The first kappa shape index (κ1) is 20.7. The molecule has 0 aliphatic rings. The molecule has 134 valence electrons. The Labute approximate surface area is 179 Å². The van der Waals surface area contributed by atoms with E-state index in [-0.39, 0.29) is 11.2 Å². The summed E-state index contributed by atoms with van der Waals surface area (Å²) >= 11 is 13.6. The molecule has 4 nitrogen and oxygen atoms in total. The minimum absolute atomic E-state index is 0.156. The van der Waals surface area contributed by atoms with Crippen LogP contribution in [0.3, 0.4) is 0 Å². The summed E-state index contributed by atoms with van der Waals surface area (Å²) in [7, 11) is 1.25. The molecule has 0 saturated carbocycles. The molecular weight excluding hydrogens is 588 g/mol. The number of hydrogen-bond donors (Lipinski definition) is 1. The van der Waals surface area contributed by atoms with Gasteiger partial charge in [-0.3, -0.25) is 0 Å². The maximum atomic E-state index is 11.4. The number of aromatic hydroxyl groups is 1. The highest BCUT2D eigenvalue weighted by Gasteiger charge is 2.27. The van der Waals surface area contributed by atoms with Gasteiger partial charge in [-0.15, -0.1) is 0 Å². The number of hydrogen-bond acceptors (Lipinski definition) is 4. The zero-order valence-electron chi connectivity index (χ0n) is 13.5. The number of carbonyl (C=O) groups excluding carboxylic acids is 1. The average Bonchev–Trinajstić information content (AvgIpc) is 2.54. The Morgan fingerprint density at radius 2 is 1.32 bits per heavy atom. The zero-order chi connectivity index (χ0) is 18.9. The van der Waals surface area contributed by atoms with E-state index in [4.69, 9.17) is 4.74 Å². The largest absolute Gasteiger partial charge is 0.513 e. The fourth-order valence-corrected chi connectivity index (χ4v) is 4.77. The lowest BCUT2D eigenvalue weighted by Gasteiger charge is -2.28. The average molecular weight is 602 g/mol. The summed E-state index contributed by atoms with van der Waals surface area (Å²) in [6.45, 7) is 4.13. The number of rotatable bonds is 3. The third kappa shape index (κ3) is 4.40. The topological polar surface area (TPSA) is 55.8 Å². The third-order valence-electron chi connectivity index (χ3n) is 3.81. The maximum Gasteiger partial charge on any atom is 0.513 e. The Hall–Kier alpha value is -0.570. The normalized spacial score (nSPS) is 11.3. The van der Waals surface area contributed by atoms with E-state index in [2.05, 4.69) is 82.3 Å². The van der Waals surface area contributed by atoms with Gasteiger partial charge in [0.2, 0.25) is 0 Å².